The first-order valence-corrected chi connectivity index (χ1v) is 8.52. The number of nitrogens with zero attached hydrogens (tertiary/aromatic N) is 3. The molecule has 0 atom stereocenters. The summed E-state index contributed by atoms with van der Waals surface area (Å²) in [4.78, 5) is 29.4. The Labute approximate surface area is 145 Å². The van der Waals surface area contributed by atoms with E-state index < -0.39 is 5.97 Å². The second-order valence-electron chi connectivity index (χ2n) is 6.31. The van der Waals surface area contributed by atoms with Crippen LogP contribution in [-0.4, -0.2) is 57.2 Å². The molecular formula is C17H22N4O4. The number of aromatic nitrogens is 2. The van der Waals surface area contributed by atoms with Gasteiger partial charge in [-0.15, -0.1) is 0 Å². The number of pyridine rings is 1. The van der Waals surface area contributed by atoms with Crippen LogP contribution in [0.1, 0.15) is 42.7 Å². The Kier molecular flexibility index (Phi) is 4.98. The number of fused-ring (bicyclic) bond motifs is 1. The number of aryl methyl sites for hydroxylation is 1. The molecule has 25 heavy (non-hydrogen) atoms. The molecule has 2 heterocycles. The molecule has 0 aliphatic heterocycles. The molecule has 8 nitrogen and oxygen atoms in total. The molecule has 1 saturated carbocycles. The van der Waals surface area contributed by atoms with Crippen molar-refractivity contribution in [2.45, 2.75) is 45.2 Å². The molecule has 0 aromatic carbocycles. The van der Waals surface area contributed by atoms with Gasteiger partial charge in [-0.2, -0.15) is 0 Å². The van der Waals surface area contributed by atoms with Gasteiger partial charge >= 0.3 is 5.97 Å². The molecule has 1 amide bonds. The molecule has 2 aromatic heterocycles. The van der Waals surface area contributed by atoms with Crippen LogP contribution in [0.3, 0.4) is 0 Å². The summed E-state index contributed by atoms with van der Waals surface area (Å²) in [5.41, 5.74) is 1.70. The summed E-state index contributed by atoms with van der Waals surface area (Å²) < 4.78 is 5.13. The number of amides is 1. The molecule has 0 spiro atoms. The largest absolute Gasteiger partial charge is 0.480 e. The molecule has 1 fully saturated rings. The van der Waals surface area contributed by atoms with Gasteiger partial charge in [-0.1, -0.05) is 19.0 Å². The summed E-state index contributed by atoms with van der Waals surface area (Å²) in [7, 11) is 0. The third-order valence-electron chi connectivity index (χ3n) is 4.71. The molecule has 0 unspecified atom stereocenters. The summed E-state index contributed by atoms with van der Waals surface area (Å²) >= 11 is 0. The van der Waals surface area contributed by atoms with E-state index in [9.17, 15) is 9.59 Å². The zero-order valence-corrected chi connectivity index (χ0v) is 14.4. The fourth-order valence-corrected chi connectivity index (χ4v) is 3.20. The molecule has 8 heteroatoms. The number of aliphatic carboxylic acids is 1. The maximum Gasteiger partial charge on any atom is 0.317 e. The average molecular weight is 346 g/mol. The second kappa shape index (κ2) is 7.18. The van der Waals surface area contributed by atoms with Gasteiger partial charge in [-0.3, -0.25) is 14.5 Å². The monoisotopic (exact) mass is 346 g/mol. The van der Waals surface area contributed by atoms with Crippen LogP contribution < -0.4 is 5.32 Å². The Balaban J connectivity index is 1.59. The van der Waals surface area contributed by atoms with E-state index in [1.54, 1.807) is 6.07 Å². The number of rotatable bonds is 7. The van der Waals surface area contributed by atoms with Crippen LogP contribution in [0.25, 0.3) is 11.1 Å². The fourth-order valence-electron chi connectivity index (χ4n) is 3.20. The number of carboxylic acids is 1. The van der Waals surface area contributed by atoms with E-state index in [0.29, 0.717) is 24.2 Å². The van der Waals surface area contributed by atoms with E-state index >= 15 is 0 Å². The average Bonchev–Trinajstić information content (AvgIpc) is 2.97. The predicted molar refractivity (Wildman–Crippen MR) is 90.3 cm³/mol. The lowest BCUT2D eigenvalue weighted by molar-refractivity contribution is -0.139. The molecule has 0 saturated heterocycles. The normalized spacial score (nSPS) is 19.8. The summed E-state index contributed by atoms with van der Waals surface area (Å²) in [5, 5.41) is 16.6. The Morgan fingerprint density at radius 2 is 2.16 bits per heavy atom. The maximum absolute atomic E-state index is 12.4. The van der Waals surface area contributed by atoms with Gasteiger partial charge in [0, 0.05) is 18.3 Å². The minimum Gasteiger partial charge on any atom is -0.480 e. The first-order chi connectivity index (χ1) is 12.0. The summed E-state index contributed by atoms with van der Waals surface area (Å²) in [6.07, 6.45) is 3.72. The van der Waals surface area contributed by atoms with Gasteiger partial charge in [0.25, 0.3) is 11.6 Å². The molecule has 3 rings (SSSR count). The molecule has 1 aliphatic carbocycles. The number of nitrogens with one attached hydrogen (secondary N) is 1. The van der Waals surface area contributed by atoms with Gasteiger partial charge in [0.15, 0.2) is 0 Å². The van der Waals surface area contributed by atoms with E-state index in [2.05, 4.69) is 15.5 Å². The smallest absolute Gasteiger partial charge is 0.317 e. The highest BCUT2D eigenvalue weighted by Gasteiger charge is 2.34. The number of carboxylic acid groups (broad SMARTS) is 1. The summed E-state index contributed by atoms with van der Waals surface area (Å²) in [6, 6.07) is 2.02. The van der Waals surface area contributed by atoms with Crippen molar-refractivity contribution in [3.05, 3.63) is 23.5 Å². The summed E-state index contributed by atoms with van der Waals surface area (Å²) in [5.74, 6) is -1.00. The molecule has 134 valence electrons. The van der Waals surface area contributed by atoms with Crippen molar-refractivity contribution in [3.63, 3.8) is 0 Å². The Morgan fingerprint density at radius 3 is 2.80 bits per heavy atom. The van der Waals surface area contributed by atoms with Crippen LogP contribution in [0, 0.1) is 0 Å². The highest BCUT2D eigenvalue weighted by molar-refractivity contribution is 5.97. The third-order valence-corrected chi connectivity index (χ3v) is 4.71. The van der Waals surface area contributed by atoms with E-state index in [1.807, 2.05) is 18.7 Å². The van der Waals surface area contributed by atoms with Crippen LogP contribution >= 0.6 is 0 Å². The standard InChI is InChI=1S/C17H22N4O4/c1-3-14-13-5-10(8-18-17(13)25-20-14)16(24)19-11-6-12(7-11)21(4-2)9-15(22)23/h5,8,11-12H,3-4,6-7,9H2,1-2H3,(H,19,24)(H,22,23). The van der Waals surface area contributed by atoms with Gasteiger partial charge in [-0.05, 0) is 31.9 Å². The van der Waals surface area contributed by atoms with Crippen molar-refractivity contribution in [1.82, 2.24) is 20.4 Å². The zero-order chi connectivity index (χ0) is 18.0. The topological polar surface area (TPSA) is 109 Å². The number of hydrogen-bond acceptors (Lipinski definition) is 6. The molecule has 2 N–H and O–H groups in total. The van der Waals surface area contributed by atoms with Crippen LogP contribution in [0.5, 0.6) is 0 Å². The molecule has 2 aromatic rings. The lowest BCUT2D eigenvalue weighted by Crippen LogP contribution is -2.54. The van der Waals surface area contributed by atoms with E-state index in [1.165, 1.54) is 6.20 Å². The number of carbonyl (C=O) groups excluding carboxylic acids is 1. The lowest BCUT2D eigenvalue weighted by atomic mass is 9.85. The molecule has 0 bridgehead atoms. The van der Waals surface area contributed by atoms with E-state index in [-0.39, 0.29) is 24.5 Å². The minimum atomic E-state index is -0.825. The van der Waals surface area contributed by atoms with Crippen LogP contribution in [0.15, 0.2) is 16.8 Å². The minimum absolute atomic E-state index is 0.0374. The number of hydrogen-bond donors (Lipinski definition) is 2. The molecular weight excluding hydrogens is 324 g/mol. The van der Waals surface area contributed by atoms with Crippen molar-refractivity contribution in [3.8, 4) is 0 Å². The number of likely N-dealkylation sites (N-methyl/N-ethyl adjacent to an activating group) is 1. The van der Waals surface area contributed by atoms with Crippen LogP contribution in [0.2, 0.25) is 0 Å². The summed E-state index contributed by atoms with van der Waals surface area (Å²) in [6.45, 7) is 4.64. The van der Waals surface area contributed by atoms with E-state index in [0.717, 1.165) is 23.9 Å². The predicted octanol–water partition coefficient (Wildman–Crippen LogP) is 1.45. The highest BCUT2D eigenvalue weighted by atomic mass is 16.5. The van der Waals surface area contributed by atoms with Crippen molar-refractivity contribution in [2.24, 2.45) is 0 Å². The van der Waals surface area contributed by atoms with Gasteiger partial charge in [0.2, 0.25) is 0 Å². The zero-order valence-electron chi connectivity index (χ0n) is 14.4. The van der Waals surface area contributed by atoms with Crippen molar-refractivity contribution >= 4 is 23.0 Å². The first-order valence-electron chi connectivity index (χ1n) is 8.52. The molecule has 1 aliphatic rings. The van der Waals surface area contributed by atoms with Crippen LogP contribution in [-0.2, 0) is 11.2 Å². The Hall–Kier alpha value is -2.48. The van der Waals surface area contributed by atoms with Gasteiger partial charge < -0.3 is 14.9 Å². The highest BCUT2D eigenvalue weighted by Crippen LogP contribution is 2.26. The van der Waals surface area contributed by atoms with Crippen molar-refractivity contribution in [2.75, 3.05) is 13.1 Å². The van der Waals surface area contributed by atoms with Crippen molar-refractivity contribution < 1.29 is 19.2 Å². The Bertz CT molecular complexity index is 782. The second-order valence-corrected chi connectivity index (χ2v) is 6.31. The quantitative estimate of drug-likeness (QED) is 0.781. The van der Waals surface area contributed by atoms with Gasteiger partial charge in [0.05, 0.1) is 23.2 Å². The first kappa shape index (κ1) is 17.3. The van der Waals surface area contributed by atoms with Gasteiger partial charge in [-0.25, -0.2) is 4.98 Å². The van der Waals surface area contributed by atoms with Crippen molar-refractivity contribution in [1.29, 1.82) is 0 Å². The lowest BCUT2D eigenvalue weighted by Gasteiger charge is -2.42. The van der Waals surface area contributed by atoms with Gasteiger partial charge in [0.1, 0.15) is 0 Å². The maximum atomic E-state index is 12.4. The van der Waals surface area contributed by atoms with E-state index in [4.69, 9.17) is 9.63 Å². The molecule has 0 radical (unpaired) electrons. The SMILES string of the molecule is CCc1noc2ncc(C(=O)NC3CC(N(CC)CC(=O)O)C3)cc12. The number of carbonyl (C=O) groups is 2. The third kappa shape index (κ3) is 3.63. The Morgan fingerprint density at radius 1 is 1.40 bits per heavy atom. The fraction of sp³-hybridized carbons (Fsp3) is 0.529. The van der Waals surface area contributed by atoms with Crippen LogP contribution in [0.4, 0.5) is 0 Å².